The van der Waals surface area contributed by atoms with Gasteiger partial charge >= 0.3 is 0 Å². The van der Waals surface area contributed by atoms with Gasteiger partial charge in [-0.05, 0) is 32.2 Å². The van der Waals surface area contributed by atoms with E-state index >= 15 is 0 Å². The Bertz CT molecular complexity index is 489. The third-order valence-electron chi connectivity index (χ3n) is 3.01. The van der Waals surface area contributed by atoms with Crippen LogP contribution in [0.4, 0.5) is 0 Å². The van der Waals surface area contributed by atoms with Crippen LogP contribution in [-0.2, 0) is 10.0 Å². The van der Waals surface area contributed by atoms with Gasteiger partial charge in [0.05, 0.1) is 11.2 Å². The van der Waals surface area contributed by atoms with Crippen molar-refractivity contribution in [3.05, 3.63) is 11.2 Å². The van der Waals surface area contributed by atoms with Gasteiger partial charge in [-0.25, -0.2) is 13.4 Å². The fourth-order valence-electron chi connectivity index (χ4n) is 2.03. The molecule has 1 aliphatic heterocycles. The molecular weight excluding hydrogens is 294 g/mol. The lowest BCUT2D eigenvalue weighted by Gasteiger charge is -2.30. The molecule has 104 valence electrons. The normalized spacial score (nSPS) is 21.6. The van der Waals surface area contributed by atoms with Gasteiger partial charge in [-0.3, -0.25) is 0 Å². The number of rotatable bonds is 3. The van der Waals surface area contributed by atoms with Crippen molar-refractivity contribution >= 4 is 33.8 Å². The molecule has 0 bridgehead atoms. The Morgan fingerprint density at radius 1 is 1.61 bits per heavy atom. The fourth-order valence-corrected chi connectivity index (χ4v) is 4.84. The molecule has 5 nitrogen and oxygen atoms in total. The number of nitrogens with two attached hydrogens (primary N) is 1. The van der Waals surface area contributed by atoms with Crippen LogP contribution in [0.15, 0.2) is 10.4 Å². The van der Waals surface area contributed by atoms with E-state index < -0.39 is 10.0 Å². The summed E-state index contributed by atoms with van der Waals surface area (Å²) in [6, 6.07) is 0. The maximum Gasteiger partial charge on any atom is 0.254 e. The van der Waals surface area contributed by atoms with E-state index in [2.05, 4.69) is 4.98 Å². The molecule has 0 radical (unpaired) electrons. The number of nitrogens with zero attached hydrogens (tertiary/aromatic N) is 2. The summed E-state index contributed by atoms with van der Waals surface area (Å²) in [5.41, 5.74) is 5.62. The Kier molecular flexibility index (Phi) is 5.54. The van der Waals surface area contributed by atoms with E-state index in [4.69, 9.17) is 5.73 Å². The van der Waals surface area contributed by atoms with Gasteiger partial charge in [-0.1, -0.05) is 0 Å². The number of aryl methyl sites for hydroxylation is 1. The molecule has 2 N–H and O–H groups in total. The van der Waals surface area contributed by atoms with Gasteiger partial charge in [0.25, 0.3) is 10.0 Å². The van der Waals surface area contributed by atoms with Gasteiger partial charge in [0.1, 0.15) is 0 Å². The quantitative estimate of drug-likeness (QED) is 0.911. The summed E-state index contributed by atoms with van der Waals surface area (Å²) in [6.45, 7) is 3.49. The smallest absolute Gasteiger partial charge is 0.254 e. The minimum atomic E-state index is -3.35. The first-order valence-electron chi connectivity index (χ1n) is 5.66. The maximum absolute atomic E-state index is 12.3. The number of sulfonamides is 1. The molecule has 0 aliphatic carbocycles. The van der Waals surface area contributed by atoms with Gasteiger partial charge in [0, 0.05) is 13.1 Å². The number of aromatic nitrogens is 1. The van der Waals surface area contributed by atoms with Gasteiger partial charge < -0.3 is 5.73 Å². The van der Waals surface area contributed by atoms with Gasteiger partial charge in [0.15, 0.2) is 4.21 Å². The molecule has 1 aromatic rings. The second kappa shape index (κ2) is 6.29. The highest BCUT2D eigenvalue weighted by Crippen LogP contribution is 2.26. The SMILES string of the molecule is Cc1ncc(S(=O)(=O)N2CCCC(CN)C2)s1.Cl. The van der Waals surface area contributed by atoms with Crippen molar-refractivity contribution in [3.8, 4) is 0 Å². The first kappa shape index (κ1) is 15.8. The number of hydrogen-bond acceptors (Lipinski definition) is 5. The summed E-state index contributed by atoms with van der Waals surface area (Å²) < 4.78 is 26.5. The van der Waals surface area contributed by atoms with Crippen LogP contribution in [0.1, 0.15) is 17.8 Å². The predicted octanol–water partition coefficient (Wildman–Crippen LogP) is 1.23. The lowest BCUT2D eigenvalue weighted by molar-refractivity contribution is 0.272. The molecular formula is C10H18ClN3O2S2. The fraction of sp³-hybridized carbons (Fsp3) is 0.700. The topological polar surface area (TPSA) is 76.3 Å². The average Bonchev–Trinajstić information content (AvgIpc) is 2.76. The Hall–Kier alpha value is -0.210. The van der Waals surface area contributed by atoms with E-state index in [1.165, 1.54) is 17.5 Å². The van der Waals surface area contributed by atoms with E-state index in [9.17, 15) is 8.42 Å². The van der Waals surface area contributed by atoms with Gasteiger partial charge in [-0.2, -0.15) is 4.31 Å². The summed E-state index contributed by atoms with van der Waals surface area (Å²) in [5.74, 6) is 0.285. The number of halogens is 1. The van der Waals surface area contributed by atoms with Crippen LogP contribution in [0.2, 0.25) is 0 Å². The molecule has 1 aromatic heterocycles. The molecule has 1 fully saturated rings. The van der Waals surface area contributed by atoms with Crippen molar-refractivity contribution in [3.63, 3.8) is 0 Å². The van der Waals surface area contributed by atoms with Crippen LogP contribution in [0.25, 0.3) is 0 Å². The van der Waals surface area contributed by atoms with E-state index in [0.717, 1.165) is 17.8 Å². The van der Waals surface area contributed by atoms with E-state index in [0.29, 0.717) is 23.8 Å². The van der Waals surface area contributed by atoms with Crippen molar-refractivity contribution < 1.29 is 8.42 Å². The third kappa shape index (κ3) is 3.21. The highest BCUT2D eigenvalue weighted by atomic mass is 35.5. The van der Waals surface area contributed by atoms with Gasteiger partial charge in [0.2, 0.25) is 0 Å². The highest BCUT2D eigenvalue weighted by molar-refractivity contribution is 7.91. The Labute approximate surface area is 118 Å². The molecule has 18 heavy (non-hydrogen) atoms. The first-order chi connectivity index (χ1) is 8.04. The van der Waals surface area contributed by atoms with Crippen LogP contribution in [0, 0.1) is 12.8 Å². The average molecular weight is 312 g/mol. The van der Waals surface area contributed by atoms with Crippen LogP contribution in [0.5, 0.6) is 0 Å². The van der Waals surface area contributed by atoms with Crippen molar-refractivity contribution in [1.82, 2.24) is 9.29 Å². The number of thiazole rings is 1. The molecule has 1 unspecified atom stereocenters. The van der Waals surface area contributed by atoms with Crippen LogP contribution in [-0.4, -0.2) is 37.3 Å². The third-order valence-corrected chi connectivity index (χ3v) is 6.22. The molecule has 0 aromatic carbocycles. The minimum Gasteiger partial charge on any atom is -0.330 e. The predicted molar refractivity (Wildman–Crippen MR) is 74.6 cm³/mol. The minimum absolute atomic E-state index is 0. The van der Waals surface area contributed by atoms with E-state index in [-0.39, 0.29) is 18.3 Å². The number of piperidine rings is 1. The lowest BCUT2D eigenvalue weighted by atomic mass is 10.0. The highest BCUT2D eigenvalue weighted by Gasteiger charge is 2.30. The molecule has 8 heteroatoms. The monoisotopic (exact) mass is 311 g/mol. The zero-order chi connectivity index (χ0) is 12.5. The van der Waals surface area contributed by atoms with Gasteiger partial charge in [-0.15, -0.1) is 23.7 Å². The molecule has 1 atom stereocenters. The summed E-state index contributed by atoms with van der Waals surface area (Å²) >= 11 is 1.23. The lowest BCUT2D eigenvalue weighted by Crippen LogP contribution is -2.41. The standard InChI is InChI=1S/C10H17N3O2S2.ClH/c1-8-12-6-10(16-8)17(14,15)13-4-2-3-9(5-11)7-13;/h6,9H,2-5,7,11H2,1H3;1H. The largest absolute Gasteiger partial charge is 0.330 e. The molecule has 2 rings (SSSR count). The van der Waals surface area contributed by atoms with E-state index in [1.807, 2.05) is 6.92 Å². The van der Waals surface area contributed by atoms with Crippen molar-refractivity contribution in [2.75, 3.05) is 19.6 Å². The maximum atomic E-state index is 12.3. The summed E-state index contributed by atoms with van der Waals surface area (Å²) in [6.07, 6.45) is 3.35. The van der Waals surface area contributed by atoms with Crippen molar-refractivity contribution in [1.29, 1.82) is 0 Å². The van der Waals surface area contributed by atoms with Crippen molar-refractivity contribution in [2.24, 2.45) is 11.7 Å². The summed E-state index contributed by atoms with van der Waals surface area (Å²) in [7, 11) is -3.35. The summed E-state index contributed by atoms with van der Waals surface area (Å²) in [5, 5.41) is 0.774. The molecule has 0 saturated carbocycles. The first-order valence-corrected chi connectivity index (χ1v) is 7.92. The molecule has 1 aliphatic rings. The zero-order valence-corrected chi connectivity index (χ0v) is 12.7. The number of hydrogen-bond donors (Lipinski definition) is 1. The molecule has 0 spiro atoms. The molecule has 1 saturated heterocycles. The molecule has 0 amide bonds. The van der Waals surface area contributed by atoms with Crippen LogP contribution < -0.4 is 5.73 Å². The van der Waals surface area contributed by atoms with Crippen LogP contribution in [0.3, 0.4) is 0 Å². The Morgan fingerprint density at radius 2 is 2.33 bits per heavy atom. The summed E-state index contributed by atoms with van der Waals surface area (Å²) in [4.78, 5) is 4.00. The van der Waals surface area contributed by atoms with Crippen LogP contribution >= 0.6 is 23.7 Å². The Morgan fingerprint density at radius 3 is 2.89 bits per heavy atom. The van der Waals surface area contributed by atoms with Crippen molar-refractivity contribution in [2.45, 2.75) is 24.0 Å². The second-order valence-electron chi connectivity index (χ2n) is 4.31. The Balaban J connectivity index is 0.00000162. The second-order valence-corrected chi connectivity index (χ2v) is 7.70. The molecule has 2 heterocycles. The van der Waals surface area contributed by atoms with E-state index in [1.54, 1.807) is 4.31 Å². The zero-order valence-electron chi connectivity index (χ0n) is 10.2.